The van der Waals surface area contributed by atoms with Crippen LogP contribution in [0.5, 0.6) is 5.75 Å². The van der Waals surface area contributed by atoms with E-state index in [-0.39, 0.29) is 5.91 Å². The number of benzene rings is 2. The highest BCUT2D eigenvalue weighted by Gasteiger charge is 2.21. The standard InChI is InChI=1S/C22H22N2O2/c1-14-11-18-7-10-20(15(2)21(18)23-12-14)24-22(25)17-5-8-19(9-6-17)26-13-16-3-4-16/h5-12,16H,3-4,13H2,1-2H3,(H,24,25). The quantitative estimate of drug-likeness (QED) is 0.715. The molecule has 1 aliphatic carbocycles. The number of hydrogen-bond acceptors (Lipinski definition) is 3. The number of hydrogen-bond donors (Lipinski definition) is 1. The number of carbonyl (C=O) groups excluding carboxylic acids is 1. The molecule has 3 aromatic rings. The highest BCUT2D eigenvalue weighted by Crippen LogP contribution is 2.29. The number of anilines is 1. The zero-order chi connectivity index (χ0) is 18.1. The molecule has 1 heterocycles. The highest BCUT2D eigenvalue weighted by atomic mass is 16.5. The summed E-state index contributed by atoms with van der Waals surface area (Å²) in [7, 11) is 0. The molecule has 0 saturated heterocycles. The molecular formula is C22H22N2O2. The van der Waals surface area contributed by atoms with Crippen molar-refractivity contribution >= 4 is 22.5 Å². The normalized spacial score (nSPS) is 13.6. The molecule has 1 amide bonds. The van der Waals surface area contributed by atoms with Crippen molar-refractivity contribution in [1.82, 2.24) is 4.98 Å². The van der Waals surface area contributed by atoms with Crippen molar-refractivity contribution in [2.45, 2.75) is 26.7 Å². The maximum absolute atomic E-state index is 12.6. The third kappa shape index (κ3) is 3.54. The van der Waals surface area contributed by atoms with Crippen molar-refractivity contribution in [2.75, 3.05) is 11.9 Å². The second kappa shape index (κ2) is 6.79. The summed E-state index contributed by atoms with van der Waals surface area (Å²) >= 11 is 0. The molecule has 0 atom stereocenters. The van der Waals surface area contributed by atoms with E-state index in [1.807, 2.05) is 44.3 Å². The second-order valence-electron chi connectivity index (χ2n) is 7.06. The molecule has 0 unspecified atom stereocenters. The number of pyridine rings is 1. The molecule has 4 nitrogen and oxygen atoms in total. The number of amides is 1. The van der Waals surface area contributed by atoms with Gasteiger partial charge in [-0.25, -0.2) is 0 Å². The van der Waals surface area contributed by atoms with Crippen molar-refractivity contribution < 1.29 is 9.53 Å². The minimum Gasteiger partial charge on any atom is -0.493 e. The van der Waals surface area contributed by atoms with Crippen molar-refractivity contribution in [2.24, 2.45) is 5.92 Å². The van der Waals surface area contributed by atoms with Gasteiger partial charge in [0.2, 0.25) is 0 Å². The summed E-state index contributed by atoms with van der Waals surface area (Å²) in [6.45, 7) is 4.78. The van der Waals surface area contributed by atoms with Crippen LogP contribution in [0.3, 0.4) is 0 Å². The number of fused-ring (bicyclic) bond motifs is 1. The molecule has 26 heavy (non-hydrogen) atoms. The topological polar surface area (TPSA) is 51.2 Å². The van der Waals surface area contributed by atoms with Gasteiger partial charge in [-0.1, -0.05) is 6.07 Å². The van der Waals surface area contributed by atoms with Gasteiger partial charge in [0.05, 0.1) is 12.1 Å². The third-order valence-electron chi connectivity index (χ3n) is 4.79. The van der Waals surface area contributed by atoms with Crippen LogP contribution in [-0.4, -0.2) is 17.5 Å². The predicted octanol–water partition coefficient (Wildman–Crippen LogP) is 4.89. The number of aromatic nitrogens is 1. The number of rotatable bonds is 5. The summed E-state index contributed by atoms with van der Waals surface area (Å²) in [6.07, 6.45) is 4.38. The Morgan fingerprint density at radius 1 is 1.15 bits per heavy atom. The van der Waals surface area contributed by atoms with Gasteiger partial charge in [-0.2, -0.15) is 0 Å². The summed E-state index contributed by atoms with van der Waals surface area (Å²) in [5.41, 5.74) is 4.41. The molecule has 0 radical (unpaired) electrons. The Morgan fingerprint density at radius 2 is 1.92 bits per heavy atom. The first-order chi connectivity index (χ1) is 12.6. The van der Waals surface area contributed by atoms with E-state index in [2.05, 4.69) is 16.4 Å². The predicted molar refractivity (Wildman–Crippen MR) is 104 cm³/mol. The molecule has 1 aromatic heterocycles. The summed E-state index contributed by atoms with van der Waals surface area (Å²) in [5.74, 6) is 1.40. The highest BCUT2D eigenvalue weighted by molar-refractivity contribution is 6.06. The molecule has 0 aliphatic heterocycles. The summed E-state index contributed by atoms with van der Waals surface area (Å²) in [5, 5.41) is 4.07. The van der Waals surface area contributed by atoms with E-state index in [9.17, 15) is 4.79 Å². The van der Waals surface area contributed by atoms with Crippen molar-refractivity contribution in [1.29, 1.82) is 0 Å². The zero-order valence-electron chi connectivity index (χ0n) is 15.1. The fourth-order valence-electron chi connectivity index (χ4n) is 2.99. The number of carbonyl (C=O) groups is 1. The Bertz CT molecular complexity index is 960. The van der Waals surface area contributed by atoms with Gasteiger partial charge in [0.25, 0.3) is 5.91 Å². The lowest BCUT2D eigenvalue weighted by atomic mass is 10.1. The zero-order valence-corrected chi connectivity index (χ0v) is 15.1. The number of nitrogens with zero attached hydrogens (tertiary/aromatic N) is 1. The smallest absolute Gasteiger partial charge is 0.255 e. The first-order valence-electron chi connectivity index (χ1n) is 9.00. The number of nitrogens with one attached hydrogen (secondary N) is 1. The van der Waals surface area contributed by atoms with Gasteiger partial charge in [-0.3, -0.25) is 9.78 Å². The van der Waals surface area contributed by atoms with Crippen molar-refractivity contribution in [3.05, 3.63) is 65.4 Å². The second-order valence-corrected chi connectivity index (χ2v) is 7.06. The minimum absolute atomic E-state index is 0.131. The van der Waals surface area contributed by atoms with Gasteiger partial charge < -0.3 is 10.1 Å². The van der Waals surface area contributed by atoms with Crippen LogP contribution in [-0.2, 0) is 0 Å². The van der Waals surface area contributed by atoms with Crippen LogP contribution in [0.15, 0.2) is 48.7 Å². The monoisotopic (exact) mass is 346 g/mol. The van der Waals surface area contributed by atoms with E-state index in [1.165, 1.54) is 12.8 Å². The van der Waals surface area contributed by atoms with Crippen LogP contribution in [0, 0.1) is 19.8 Å². The number of aryl methyl sites for hydroxylation is 2. The SMILES string of the molecule is Cc1cnc2c(C)c(NC(=O)c3ccc(OCC4CC4)cc3)ccc2c1. The molecular weight excluding hydrogens is 324 g/mol. The first kappa shape index (κ1) is 16.6. The average Bonchev–Trinajstić information content (AvgIpc) is 3.47. The summed E-state index contributed by atoms with van der Waals surface area (Å²) < 4.78 is 5.72. The molecule has 1 aliphatic rings. The van der Waals surface area contributed by atoms with E-state index in [0.717, 1.165) is 40.1 Å². The molecule has 0 bridgehead atoms. The van der Waals surface area contributed by atoms with Crippen molar-refractivity contribution in [3.63, 3.8) is 0 Å². The van der Waals surface area contributed by atoms with Crippen LogP contribution in [0.1, 0.15) is 34.3 Å². The lowest BCUT2D eigenvalue weighted by Gasteiger charge is -2.11. The molecule has 4 rings (SSSR count). The minimum atomic E-state index is -0.131. The Balaban J connectivity index is 1.49. The van der Waals surface area contributed by atoms with Crippen LogP contribution in [0.25, 0.3) is 10.9 Å². The van der Waals surface area contributed by atoms with E-state index >= 15 is 0 Å². The molecule has 132 valence electrons. The Hall–Kier alpha value is -2.88. The van der Waals surface area contributed by atoms with Gasteiger partial charge >= 0.3 is 0 Å². The fraction of sp³-hybridized carbons (Fsp3) is 0.273. The van der Waals surface area contributed by atoms with Gasteiger partial charge in [0.15, 0.2) is 0 Å². The van der Waals surface area contributed by atoms with E-state index in [1.54, 1.807) is 12.1 Å². The van der Waals surface area contributed by atoms with Crippen LogP contribution in [0.4, 0.5) is 5.69 Å². The maximum atomic E-state index is 12.6. The summed E-state index contributed by atoms with van der Waals surface area (Å²) in [6, 6.07) is 13.3. The molecule has 1 fully saturated rings. The van der Waals surface area contributed by atoms with Gasteiger partial charge in [-0.15, -0.1) is 0 Å². The van der Waals surface area contributed by atoms with E-state index < -0.39 is 0 Å². The molecule has 1 N–H and O–H groups in total. The maximum Gasteiger partial charge on any atom is 0.255 e. The Labute approximate surface area is 153 Å². The van der Waals surface area contributed by atoms with Crippen LogP contribution >= 0.6 is 0 Å². The lowest BCUT2D eigenvalue weighted by Crippen LogP contribution is -2.13. The Kier molecular flexibility index (Phi) is 4.33. The fourth-order valence-corrected chi connectivity index (χ4v) is 2.99. The molecule has 1 saturated carbocycles. The molecule has 0 spiro atoms. The number of ether oxygens (including phenoxy) is 1. The van der Waals surface area contributed by atoms with E-state index in [4.69, 9.17) is 4.74 Å². The van der Waals surface area contributed by atoms with Crippen LogP contribution < -0.4 is 10.1 Å². The first-order valence-corrected chi connectivity index (χ1v) is 9.00. The molecule has 4 heteroatoms. The van der Waals surface area contributed by atoms with Gasteiger partial charge in [0.1, 0.15) is 5.75 Å². The van der Waals surface area contributed by atoms with Gasteiger partial charge in [0, 0.05) is 22.8 Å². The summed E-state index contributed by atoms with van der Waals surface area (Å²) in [4.78, 5) is 17.1. The lowest BCUT2D eigenvalue weighted by molar-refractivity contribution is 0.102. The Morgan fingerprint density at radius 3 is 2.65 bits per heavy atom. The van der Waals surface area contributed by atoms with Gasteiger partial charge in [-0.05, 0) is 80.1 Å². The largest absolute Gasteiger partial charge is 0.493 e. The third-order valence-corrected chi connectivity index (χ3v) is 4.79. The molecule has 2 aromatic carbocycles. The van der Waals surface area contributed by atoms with Crippen LogP contribution in [0.2, 0.25) is 0 Å². The van der Waals surface area contributed by atoms with Crippen molar-refractivity contribution in [3.8, 4) is 5.75 Å². The average molecular weight is 346 g/mol. The van der Waals surface area contributed by atoms with E-state index in [0.29, 0.717) is 11.5 Å².